The first-order valence-corrected chi connectivity index (χ1v) is 9.28. The molecule has 170 valence electrons. The van der Waals surface area contributed by atoms with E-state index in [1.807, 2.05) is 0 Å². The summed E-state index contributed by atoms with van der Waals surface area (Å²) in [6, 6.07) is 12.0. The van der Waals surface area contributed by atoms with E-state index in [9.17, 15) is 19.5 Å². The molecule has 0 bridgehead atoms. The molecule has 0 saturated carbocycles. The zero-order valence-corrected chi connectivity index (χ0v) is 17.0. The van der Waals surface area contributed by atoms with Gasteiger partial charge in [-0.15, -0.1) is 0 Å². The average Bonchev–Trinajstić information content (AvgIpc) is 2.76. The van der Waals surface area contributed by atoms with Gasteiger partial charge in [0.2, 0.25) is 5.91 Å². The minimum absolute atomic E-state index is 0. The van der Waals surface area contributed by atoms with Gasteiger partial charge in [0, 0.05) is 29.5 Å². The maximum Gasteiger partial charge on any atom is 0.268 e. The lowest BCUT2D eigenvalue weighted by Crippen LogP contribution is -2.51. The van der Waals surface area contributed by atoms with E-state index in [0.717, 1.165) is 5.56 Å². The molecule has 5 N–H and O–H groups in total. The van der Waals surface area contributed by atoms with Crippen molar-refractivity contribution in [1.29, 1.82) is 0 Å². The second-order valence-electron chi connectivity index (χ2n) is 6.55. The highest BCUT2D eigenvalue weighted by Crippen LogP contribution is 2.10. The van der Waals surface area contributed by atoms with E-state index in [4.69, 9.17) is 9.94 Å². The van der Waals surface area contributed by atoms with Crippen molar-refractivity contribution < 1.29 is 29.4 Å². The first kappa shape index (κ1) is 26.3. The van der Waals surface area contributed by atoms with Crippen molar-refractivity contribution in [3.63, 3.8) is 0 Å². The van der Waals surface area contributed by atoms with Crippen molar-refractivity contribution in [3.8, 4) is 11.8 Å². The van der Waals surface area contributed by atoms with Crippen LogP contribution in [0, 0.1) is 11.8 Å². The quantitative estimate of drug-likeness (QED) is 0.249. The summed E-state index contributed by atoms with van der Waals surface area (Å²) >= 11 is 0. The summed E-state index contributed by atoms with van der Waals surface area (Å²) < 4.78 is 4.76. The molecule has 0 aliphatic carbocycles. The van der Waals surface area contributed by atoms with E-state index in [1.54, 1.807) is 36.4 Å². The van der Waals surface area contributed by atoms with Crippen LogP contribution in [0.3, 0.4) is 0 Å². The molecule has 0 heterocycles. The number of amides is 3. The first-order chi connectivity index (χ1) is 14.8. The largest absolute Gasteiger partial charge is 0.391 e. The third kappa shape index (κ3) is 7.85. The molecule has 0 unspecified atom stereocenters. The maximum atomic E-state index is 12.3. The minimum atomic E-state index is -1.29. The Hall–Kier alpha value is -3.71. The second kappa shape index (κ2) is 12.9. The van der Waals surface area contributed by atoms with Gasteiger partial charge in [-0.3, -0.25) is 19.6 Å². The number of aliphatic hydroxyl groups excluding tert-OH is 1. The second-order valence-corrected chi connectivity index (χ2v) is 6.55. The number of carbonyl (C=O) groups is 3. The first-order valence-electron chi connectivity index (χ1n) is 9.28. The van der Waals surface area contributed by atoms with Gasteiger partial charge in [0.25, 0.3) is 11.8 Å². The van der Waals surface area contributed by atoms with Crippen LogP contribution in [0.1, 0.15) is 35.8 Å². The molecule has 2 aromatic rings. The number of hydrogen-bond acceptors (Lipinski definition) is 6. The minimum Gasteiger partial charge on any atom is -0.391 e. The molecule has 0 saturated heterocycles. The number of carbonyl (C=O) groups excluding carboxylic acids is 3. The zero-order valence-electron chi connectivity index (χ0n) is 17.0. The summed E-state index contributed by atoms with van der Waals surface area (Å²) in [5.74, 6) is 4.20. The van der Waals surface area contributed by atoms with Crippen LogP contribution in [0.15, 0.2) is 48.5 Å². The Morgan fingerprint density at radius 3 is 2.00 bits per heavy atom. The van der Waals surface area contributed by atoms with E-state index in [0.29, 0.717) is 11.3 Å². The molecule has 0 spiro atoms. The molecule has 32 heavy (non-hydrogen) atoms. The van der Waals surface area contributed by atoms with Gasteiger partial charge in [0.1, 0.15) is 12.6 Å². The van der Waals surface area contributed by atoms with E-state index in [1.165, 1.54) is 31.6 Å². The highest BCUT2D eigenvalue weighted by Gasteiger charge is 2.25. The Balaban J connectivity index is 0.00000512. The molecule has 3 amide bonds. The molecule has 2 rings (SSSR count). The summed E-state index contributed by atoms with van der Waals surface area (Å²) in [6.07, 6.45) is -1.19. The van der Waals surface area contributed by atoms with Crippen molar-refractivity contribution in [2.45, 2.75) is 26.5 Å². The highest BCUT2D eigenvalue weighted by atomic mass is 16.5. The number of hydroxylamine groups is 1. The van der Waals surface area contributed by atoms with Crippen LogP contribution in [0.5, 0.6) is 0 Å². The lowest BCUT2D eigenvalue weighted by atomic mass is 10.1. The van der Waals surface area contributed by atoms with Gasteiger partial charge in [-0.05, 0) is 55.5 Å². The number of rotatable bonds is 7. The normalized spacial score (nSPS) is 11.6. The van der Waals surface area contributed by atoms with Crippen LogP contribution in [0.25, 0.3) is 0 Å². The monoisotopic (exact) mass is 441 g/mol. The fourth-order valence-corrected chi connectivity index (χ4v) is 2.51. The summed E-state index contributed by atoms with van der Waals surface area (Å²) in [4.78, 5) is 35.3. The number of aliphatic hydroxyl groups is 1. The Labute approximate surface area is 186 Å². The van der Waals surface area contributed by atoms with Crippen LogP contribution >= 0.6 is 0 Å². The smallest absolute Gasteiger partial charge is 0.268 e. The standard InChI is InChI=1S/C22H23N3O6.CH4/c1-14(26)20(22(29)25-30)24-21(28)17-9-5-15(6-10-17)3-4-16-7-11-18(12-8-16)23-19(27)13-31-2;/h5-12,14,20,26,30H,13H2,1-2H3,(H,23,27)(H,24,28)(H,25,29);1H4/t14-,20+;/m1./s1. The van der Waals surface area contributed by atoms with Crippen molar-refractivity contribution >= 4 is 23.4 Å². The topological polar surface area (TPSA) is 137 Å². The molecule has 0 fully saturated rings. The third-order valence-electron chi connectivity index (χ3n) is 4.10. The summed E-state index contributed by atoms with van der Waals surface area (Å²) in [7, 11) is 1.44. The lowest BCUT2D eigenvalue weighted by Gasteiger charge is -2.19. The van der Waals surface area contributed by atoms with Gasteiger partial charge < -0.3 is 20.5 Å². The van der Waals surface area contributed by atoms with Crippen LogP contribution in [0.4, 0.5) is 5.69 Å². The van der Waals surface area contributed by atoms with Crippen LogP contribution < -0.4 is 16.1 Å². The number of ether oxygens (including phenoxy) is 1. The predicted octanol–water partition coefficient (Wildman–Crippen LogP) is 1.29. The number of nitrogens with one attached hydrogen (secondary N) is 3. The van der Waals surface area contributed by atoms with Crippen molar-refractivity contribution in [3.05, 3.63) is 65.2 Å². The fourth-order valence-electron chi connectivity index (χ4n) is 2.51. The van der Waals surface area contributed by atoms with Gasteiger partial charge in [0.05, 0.1) is 6.10 Å². The molecule has 0 aliphatic rings. The van der Waals surface area contributed by atoms with Crippen LogP contribution in [-0.4, -0.2) is 53.9 Å². The van der Waals surface area contributed by atoms with Gasteiger partial charge in [-0.2, -0.15) is 0 Å². The molecule has 9 nitrogen and oxygen atoms in total. The van der Waals surface area contributed by atoms with Crippen molar-refractivity contribution in [2.75, 3.05) is 19.0 Å². The predicted molar refractivity (Wildman–Crippen MR) is 119 cm³/mol. The summed E-state index contributed by atoms with van der Waals surface area (Å²) in [6.45, 7) is 1.29. The molecular formula is C23H27N3O6. The highest BCUT2D eigenvalue weighted by molar-refractivity contribution is 5.97. The molecule has 0 aliphatic heterocycles. The van der Waals surface area contributed by atoms with Gasteiger partial charge in [-0.1, -0.05) is 19.3 Å². The Bertz CT molecular complexity index is 976. The number of benzene rings is 2. The van der Waals surface area contributed by atoms with Gasteiger partial charge >= 0.3 is 0 Å². The molecule has 9 heteroatoms. The maximum absolute atomic E-state index is 12.3. The van der Waals surface area contributed by atoms with Crippen LogP contribution in [-0.2, 0) is 14.3 Å². The lowest BCUT2D eigenvalue weighted by molar-refractivity contribution is -0.133. The average molecular weight is 441 g/mol. The van der Waals surface area contributed by atoms with Crippen molar-refractivity contribution in [1.82, 2.24) is 10.8 Å². The van der Waals surface area contributed by atoms with Crippen molar-refractivity contribution in [2.24, 2.45) is 0 Å². The SMILES string of the molecule is C.COCC(=O)Nc1ccc(C#Cc2ccc(C(=O)N[C@H](C(=O)NO)[C@@H](C)O)cc2)cc1. The van der Waals surface area contributed by atoms with E-state index >= 15 is 0 Å². The van der Waals surface area contributed by atoms with Gasteiger partial charge in [-0.25, -0.2) is 5.48 Å². The van der Waals surface area contributed by atoms with Crippen LogP contribution in [0.2, 0.25) is 0 Å². The zero-order chi connectivity index (χ0) is 22.8. The number of anilines is 1. The molecule has 0 radical (unpaired) electrons. The molecular weight excluding hydrogens is 414 g/mol. The van der Waals surface area contributed by atoms with E-state index in [2.05, 4.69) is 22.5 Å². The Kier molecular flexibility index (Phi) is 10.6. The molecule has 2 aromatic carbocycles. The third-order valence-corrected chi connectivity index (χ3v) is 4.10. The molecule has 2 atom stereocenters. The fraction of sp³-hybridized carbons (Fsp3) is 0.261. The van der Waals surface area contributed by atoms with Gasteiger partial charge in [0.15, 0.2) is 0 Å². The Morgan fingerprint density at radius 2 is 1.53 bits per heavy atom. The number of methoxy groups -OCH3 is 1. The molecule has 0 aromatic heterocycles. The number of hydrogen-bond donors (Lipinski definition) is 5. The van der Waals surface area contributed by atoms with E-state index < -0.39 is 24.0 Å². The summed E-state index contributed by atoms with van der Waals surface area (Å²) in [5.41, 5.74) is 3.70. The summed E-state index contributed by atoms with van der Waals surface area (Å²) in [5, 5.41) is 23.3. The Morgan fingerprint density at radius 1 is 1.00 bits per heavy atom. The van der Waals surface area contributed by atoms with E-state index in [-0.39, 0.29) is 25.5 Å².